The van der Waals surface area contributed by atoms with E-state index in [9.17, 15) is 4.39 Å². The molecule has 2 aliphatic heterocycles. The summed E-state index contributed by atoms with van der Waals surface area (Å²) in [5.74, 6) is 0.597. The molecule has 1 atom stereocenters. The number of halogens is 1. The zero-order chi connectivity index (χ0) is 19.2. The molecule has 27 heavy (non-hydrogen) atoms. The Labute approximate surface area is 160 Å². The van der Waals surface area contributed by atoms with Gasteiger partial charge >= 0.3 is 7.12 Å². The predicted octanol–water partition coefficient (Wildman–Crippen LogP) is 2.70. The number of hydrogen-bond donors (Lipinski definition) is 0. The Bertz CT molecular complexity index is 816. The van der Waals surface area contributed by atoms with E-state index in [0.717, 1.165) is 31.0 Å². The lowest BCUT2D eigenvalue weighted by Crippen LogP contribution is -2.41. The van der Waals surface area contributed by atoms with E-state index in [-0.39, 0.29) is 11.9 Å². The van der Waals surface area contributed by atoms with Crippen molar-refractivity contribution < 1.29 is 18.4 Å². The first kappa shape index (κ1) is 18.7. The standard InChI is InChI=1S/C20H26BFN2O3/c1-19(2)20(3,4)27-21(26-19)16-6-5-14(11-17(16)22)12-18-23-8-9-24(18)13-15-7-10-25-15/h5-6,8-9,11,15H,7,10,12-13H2,1-4H3/t15-/m0/s1. The van der Waals surface area contributed by atoms with Crippen molar-refractivity contribution in [2.75, 3.05) is 6.61 Å². The van der Waals surface area contributed by atoms with Gasteiger partial charge in [0, 0.05) is 30.9 Å². The summed E-state index contributed by atoms with van der Waals surface area (Å²) in [6.07, 6.45) is 5.64. The van der Waals surface area contributed by atoms with Crippen LogP contribution in [0.2, 0.25) is 0 Å². The zero-order valence-electron chi connectivity index (χ0n) is 16.4. The summed E-state index contributed by atoms with van der Waals surface area (Å²) in [7, 11) is -0.693. The van der Waals surface area contributed by atoms with Crippen molar-refractivity contribution in [3.8, 4) is 0 Å². The van der Waals surface area contributed by atoms with E-state index in [1.54, 1.807) is 18.3 Å². The minimum absolute atomic E-state index is 0.264. The Morgan fingerprint density at radius 2 is 1.93 bits per heavy atom. The molecule has 0 amide bonds. The van der Waals surface area contributed by atoms with Gasteiger partial charge in [-0.1, -0.05) is 12.1 Å². The summed E-state index contributed by atoms with van der Waals surface area (Å²) in [6.45, 7) is 9.48. The molecule has 5 nitrogen and oxygen atoms in total. The van der Waals surface area contributed by atoms with Gasteiger partial charge in [-0.3, -0.25) is 0 Å². The normalized spacial score (nSPS) is 23.4. The second-order valence-electron chi connectivity index (χ2n) is 8.40. The highest BCUT2D eigenvalue weighted by molar-refractivity contribution is 6.62. The second kappa shape index (κ2) is 6.72. The van der Waals surface area contributed by atoms with E-state index in [4.69, 9.17) is 14.0 Å². The van der Waals surface area contributed by atoms with Gasteiger partial charge in [0.15, 0.2) is 0 Å². The molecule has 4 rings (SSSR count). The third-order valence-electron chi connectivity index (χ3n) is 5.93. The average Bonchev–Trinajstić information content (AvgIpc) is 3.05. The van der Waals surface area contributed by atoms with Crippen molar-refractivity contribution in [3.63, 3.8) is 0 Å². The number of benzene rings is 1. The number of rotatable bonds is 5. The number of aromatic nitrogens is 2. The van der Waals surface area contributed by atoms with Gasteiger partial charge in [0.25, 0.3) is 0 Å². The molecule has 7 heteroatoms. The summed E-state index contributed by atoms with van der Waals surface area (Å²) in [5, 5.41) is 0. The predicted molar refractivity (Wildman–Crippen MR) is 102 cm³/mol. The molecular formula is C20H26BFN2O3. The number of nitrogens with zero attached hydrogens (tertiary/aromatic N) is 2. The quantitative estimate of drug-likeness (QED) is 0.758. The van der Waals surface area contributed by atoms with Crippen LogP contribution in [0.3, 0.4) is 0 Å². The molecule has 144 valence electrons. The highest BCUT2D eigenvalue weighted by Gasteiger charge is 2.52. The number of ether oxygens (including phenoxy) is 1. The van der Waals surface area contributed by atoms with Gasteiger partial charge in [-0.15, -0.1) is 0 Å². The molecule has 2 aliphatic rings. The Morgan fingerprint density at radius 3 is 2.52 bits per heavy atom. The number of hydrogen-bond acceptors (Lipinski definition) is 4. The SMILES string of the molecule is CC1(C)OB(c2ccc(Cc3nccn3C[C@@H]3CCO3)cc2F)OC1(C)C. The van der Waals surface area contributed by atoms with Crippen LogP contribution in [0.1, 0.15) is 45.5 Å². The molecule has 0 N–H and O–H groups in total. The Morgan fingerprint density at radius 1 is 1.22 bits per heavy atom. The fourth-order valence-corrected chi connectivity index (χ4v) is 3.35. The van der Waals surface area contributed by atoms with Crippen molar-refractivity contribution in [3.05, 3.63) is 47.8 Å². The maximum absolute atomic E-state index is 14.8. The van der Waals surface area contributed by atoms with Crippen molar-refractivity contribution in [2.45, 2.75) is 64.4 Å². The average molecular weight is 372 g/mol. The van der Waals surface area contributed by atoms with Crippen molar-refractivity contribution in [1.82, 2.24) is 9.55 Å². The van der Waals surface area contributed by atoms with Gasteiger partial charge in [-0.25, -0.2) is 9.37 Å². The summed E-state index contributed by atoms with van der Waals surface area (Å²) >= 11 is 0. The lowest BCUT2D eigenvalue weighted by molar-refractivity contribution is -0.0595. The molecule has 1 aromatic carbocycles. The van der Waals surface area contributed by atoms with Crippen molar-refractivity contribution >= 4 is 12.6 Å². The Balaban J connectivity index is 1.49. The van der Waals surface area contributed by atoms with E-state index < -0.39 is 18.3 Å². The molecule has 2 aromatic rings. The summed E-state index contributed by atoms with van der Waals surface area (Å²) < 4.78 is 34.3. The van der Waals surface area contributed by atoms with Gasteiger partial charge < -0.3 is 18.6 Å². The van der Waals surface area contributed by atoms with E-state index in [0.29, 0.717) is 11.9 Å². The van der Waals surface area contributed by atoms with Crippen LogP contribution in [0, 0.1) is 5.82 Å². The van der Waals surface area contributed by atoms with E-state index in [1.165, 1.54) is 0 Å². The third kappa shape index (κ3) is 3.56. The molecule has 3 heterocycles. The fraction of sp³-hybridized carbons (Fsp3) is 0.550. The molecule has 2 saturated heterocycles. The topological polar surface area (TPSA) is 45.5 Å². The molecule has 0 saturated carbocycles. The summed E-state index contributed by atoms with van der Waals surface area (Å²) in [4.78, 5) is 4.43. The van der Waals surface area contributed by atoms with Crippen LogP contribution < -0.4 is 5.46 Å². The second-order valence-corrected chi connectivity index (χ2v) is 8.40. The van der Waals surface area contributed by atoms with Crippen LogP contribution in [0.15, 0.2) is 30.6 Å². The molecule has 0 unspecified atom stereocenters. The minimum atomic E-state index is -0.693. The lowest BCUT2D eigenvalue weighted by Gasteiger charge is -2.32. The van der Waals surface area contributed by atoms with E-state index in [2.05, 4.69) is 9.55 Å². The van der Waals surface area contributed by atoms with Crippen LogP contribution in [0.25, 0.3) is 0 Å². The molecule has 2 fully saturated rings. The van der Waals surface area contributed by atoms with Gasteiger partial charge in [-0.05, 0) is 45.7 Å². The summed E-state index contributed by atoms with van der Waals surface area (Å²) in [5.41, 5.74) is 0.326. The maximum Gasteiger partial charge on any atom is 0.497 e. The Kier molecular flexibility index (Phi) is 4.65. The van der Waals surface area contributed by atoms with Crippen LogP contribution in [-0.4, -0.2) is 40.6 Å². The Hall–Kier alpha value is -1.70. The highest BCUT2D eigenvalue weighted by Crippen LogP contribution is 2.36. The van der Waals surface area contributed by atoms with E-state index >= 15 is 0 Å². The first-order valence-corrected chi connectivity index (χ1v) is 9.51. The fourth-order valence-electron chi connectivity index (χ4n) is 3.35. The van der Waals surface area contributed by atoms with E-state index in [1.807, 2.05) is 40.0 Å². The first-order chi connectivity index (χ1) is 12.7. The van der Waals surface area contributed by atoms with Crippen LogP contribution in [0.5, 0.6) is 0 Å². The van der Waals surface area contributed by atoms with Crippen LogP contribution in [0.4, 0.5) is 4.39 Å². The highest BCUT2D eigenvalue weighted by atomic mass is 19.1. The van der Waals surface area contributed by atoms with Gasteiger partial charge in [0.05, 0.1) is 23.9 Å². The molecule has 0 aliphatic carbocycles. The van der Waals surface area contributed by atoms with Gasteiger partial charge in [0.1, 0.15) is 11.6 Å². The first-order valence-electron chi connectivity index (χ1n) is 9.51. The monoisotopic (exact) mass is 372 g/mol. The number of imidazole rings is 1. The molecular weight excluding hydrogens is 346 g/mol. The lowest BCUT2D eigenvalue weighted by atomic mass is 9.78. The minimum Gasteiger partial charge on any atom is -0.399 e. The molecule has 0 bridgehead atoms. The van der Waals surface area contributed by atoms with Gasteiger partial charge in [-0.2, -0.15) is 0 Å². The molecule has 1 aromatic heterocycles. The molecule has 0 radical (unpaired) electrons. The largest absolute Gasteiger partial charge is 0.497 e. The zero-order valence-corrected chi connectivity index (χ0v) is 16.4. The smallest absolute Gasteiger partial charge is 0.399 e. The van der Waals surface area contributed by atoms with Crippen LogP contribution in [-0.2, 0) is 27.0 Å². The van der Waals surface area contributed by atoms with Crippen molar-refractivity contribution in [1.29, 1.82) is 0 Å². The summed E-state index contributed by atoms with van der Waals surface area (Å²) in [6, 6.07) is 5.23. The maximum atomic E-state index is 14.8. The van der Waals surface area contributed by atoms with Crippen LogP contribution >= 0.6 is 0 Å². The van der Waals surface area contributed by atoms with Gasteiger partial charge in [0.2, 0.25) is 0 Å². The molecule has 0 spiro atoms. The van der Waals surface area contributed by atoms with Crippen molar-refractivity contribution in [2.24, 2.45) is 0 Å². The third-order valence-corrected chi connectivity index (χ3v) is 5.93.